The fourth-order valence-corrected chi connectivity index (χ4v) is 2.91. The van der Waals surface area contributed by atoms with E-state index >= 15 is 0 Å². The Labute approximate surface area is 114 Å². The van der Waals surface area contributed by atoms with Crippen molar-refractivity contribution in [1.29, 1.82) is 0 Å². The molecule has 1 aliphatic rings. The fraction of sp³-hybridized carbons (Fsp3) is 0.294. The molecule has 0 spiro atoms. The summed E-state index contributed by atoms with van der Waals surface area (Å²) in [4.78, 5) is 0. The van der Waals surface area contributed by atoms with Crippen LogP contribution in [0.15, 0.2) is 48.5 Å². The van der Waals surface area contributed by atoms with E-state index in [1.807, 2.05) is 24.3 Å². The maximum absolute atomic E-state index is 6.09. The predicted octanol–water partition coefficient (Wildman–Crippen LogP) is 4.00. The van der Waals surface area contributed by atoms with Crippen LogP contribution in [0.25, 0.3) is 0 Å². The average molecular weight is 254 g/mol. The Morgan fingerprint density at radius 2 is 1.68 bits per heavy atom. The molecule has 2 aromatic carbocycles. The molecule has 0 fully saturated rings. The van der Waals surface area contributed by atoms with Crippen LogP contribution in [0.5, 0.6) is 11.5 Å². The Morgan fingerprint density at radius 1 is 1.00 bits per heavy atom. The minimum Gasteiger partial charge on any atom is -0.497 e. The van der Waals surface area contributed by atoms with Gasteiger partial charge in [0.2, 0.25) is 0 Å². The van der Waals surface area contributed by atoms with E-state index in [4.69, 9.17) is 9.47 Å². The van der Waals surface area contributed by atoms with Gasteiger partial charge in [-0.05, 0) is 37.6 Å². The summed E-state index contributed by atoms with van der Waals surface area (Å²) in [6, 6.07) is 16.5. The molecule has 2 heteroatoms. The largest absolute Gasteiger partial charge is 0.497 e. The number of hydrogen-bond donors (Lipinski definition) is 0. The molecule has 1 aliphatic heterocycles. The van der Waals surface area contributed by atoms with Crippen molar-refractivity contribution in [3.63, 3.8) is 0 Å². The number of fused-ring (bicyclic) bond motifs is 1. The van der Waals surface area contributed by atoms with Crippen molar-refractivity contribution in [3.05, 3.63) is 59.7 Å². The maximum Gasteiger partial charge on any atom is 0.124 e. The van der Waals surface area contributed by atoms with Gasteiger partial charge in [0.1, 0.15) is 17.1 Å². The highest BCUT2D eigenvalue weighted by Crippen LogP contribution is 2.47. The Kier molecular flexibility index (Phi) is 2.74. The van der Waals surface area contributed by atoms with Gasteiger partial charge in [0.15, 0.2) is 0 Å². The van der Waals surface area contributed by atoms with Gasteiger partial charge in [-0.3, -0.25) is 0 Å². The Hall–Kier alpha value is -1.96. The molecule has 0 saturated heterocycles. The number of para-hydroxylation sites is 1. The molecular formula is C17H18O2. The standard InChI is InChI=1S/C17H18O2/c1-17(2)16(12-8-10-13(18-3)11-9-12)14-6-4-5-7-15(14)19-17/h4-11,16H,1-3H3. The lowest BCUT2D eigenvalue weighted by molar-refractivity contribution is 0.122. The molecule has 3 rings (SSSR count). The van der Waals surface area contributed by atoms with E-state index in [9.17, 15) is 0 Å². The first-order chi connectivity index (χ1) is 9.12. The van der Waals surface area contributed by atoms with Crippen LogP contribution in [0.3, 0.4) is 0 Å². The highest BCUT2D eigenvalue weighted by molar-refractivity contribution is 5.49. The van der Waals surface area contributed by atoms with E-state index in [1.165, 1.54) is 11.1 Å². The molecule has 2 nitrogen and oxygen atoms in total. The number of methoxy groups -OCH3 is 1. The van der Waals surface area contributed by atoms with Crippen molar-refractivity contribution in [2.24, 2.45) is 0 Å². The minimum atomic E-state index is -0.224. The van der Waals surface area contributed by atoms with Gasteiger partial charge in [0.05, 0.1) is 13.0 Å². The molecule has 98 valence electrons. The van der Waals surface area contributed by atoms with Crippen LogP contribution >= 0.6 is 0 Å². The Morgan fingerprint density at radius 3 is 2.37 bits per heavy atom. The number of hydrogen-bond acceptors (Lipinski definition) is 2. The summed E-state index contributed by atoms with van der Waals surface area (Å²) >= 11 is 0. The average Bonchev–Trinajstić information content (AvgIpc) is 2.68. The van der Waals surface area contributed by atoms with Crippen LogP contribution in [0.1, 0.15) is 30.9 Å². The van der Waals surface area contributed by atoms with Crippen molar-refractivity contribution >= 4 is 0 Å². The third-order valence-corrected chi connectivity index (χ3v) is 3.75. The van der Waals surface area contributed by atoms with Crippen LogP contribution in [-0.4, -0.2) is 12.7 Å². The van der Waals surface area contributed by atoms with Crippen LogP contribution < -0.4 is 9.47 Å². The van der Waals surface area contributed by atoms with E-state index in [0.29, 0.717) is 0 Å². The van der Waals surface area contributed by atoms with Gasteiger partial charge in [-0.15, -0.1) is 0 Å². The topological polar surface area (TPSA) is 18.5 Å². The number of rotatable bonds is 2. The molecule has 1 heterocycles. The van der Waals surface area contributed by atoms with E-state index in [0.717, 1.165) is 11.5 Å². The molecule has 0 aromatic heterocycles. The van der Waals surface area contributed by atoms with Gasteiger partial charge in [-0.2, -0.15) is 0 Å². The third kappa shape index (κ3) is 1.97. The molecule has 0 aliphatic carbocycles. The minimum absolute atomic E-state index is 0.224. The lowest BCUT2D eigenvalue weighted by Crippen LogP contribution is -2.30. The summed E-state index contributed by atoms with van der Waals surface area (Å²) in [6.07, 6.45) is 0. The quantitative estimate of drug-likeness (QED) is 0.806. The molecule has 0 saturated carbocycles. The summed E-state index contributed by atoms with van der Waals surface area (Å²) < 4.78 is 11.3. The van der Waals surface area contributed by atoms with Crippen LogP contribution in [0.2, 0.25) is 0 Å². The van der Waals surface area contributed by atoms with Crippen LogP contribution in [0.4, 0.5) is 0 Å². The first-order valence-corrected chi connectivity index (χ1v) is 6.54. The van der Waals surface area contributed by atoms with Gasteiger partial charge in [-0.25, -0.2) is 0 Å². The molecule has 0 bridgehead atoms. The smallest absolute Gasteiger partial charge is 0.124 e. The molecule has 1 unspecified atom stereocenters. The number of ether oxygens (including phenoxy) is 2. The van der Waals surface area contributed by atoms with Gasteiger partial charge >= 0.3 is 0 Å². The zero-order chi connectivity index (χ0) is 13.5. The molecule has 0 radical (unpaired) electrons. The summed E-state index contributed by atoms with van der Waals surface area (Å²) in [6.45, 7) is 4.28. The van der Waals surface area contributed by atoms with Gasteiger partial charge < -0.3 is 9.47 Å². The molecular weight excluding hydrogens is 236 g/mol. The van der Waals surface area contributed by atoms with Gasteiger partial charge in [-0.1, -0.05) is 30.3 Å². The second-order valence-electron chi connectivity index (χ2n) is 5.45. The lowest BCUT2D eigenvalue weighted by atomic mass is 9.81. The zero-order valence-corrected chi connectivity index (χ0v) is 11.5. The van der Waals surface area contributed by atoms with Crippen LogP contribution in [-0.2, 0) is 0 Å². The number of benzene rings is 2. The van der Waals surface area contributed by atoms with E-state index in [-0.39, 0.29) is 11.5 Å². The van der Waals surface area contributed by atoms with Crippen molar-refractivity contribution in [2.75, 3.05) is 7.11 Å². The highest BCUT2D eigenvalue weighted by Gasteiger charge is 2.41. The normalized spacial score (nSPS) is 19.6. The zero-order valence-electron chi connectivity index (χ0n) is 11.5. The van der Waals surface area contributed by atoms with Crippen molar-refractivity contribution in [1.82, 2.24) is 0 Å². The lowest BCUT2D eigenvalue weighted by Gasteiger charge is -2.27. The van der Waals surface area contributed by atoms with E-state index in [1.54, 1.807) is 7.11 Å². The van der Waals surface area contributed by atoms with Gasteiger partial charge in [0.25, 0.3) is 0 Å². The van der Waals surface area contributed by atoms with Crippen molar-refractivity contribution in [3.8, 4) is 11.5 Å². The van der Waals surface area contributed by atoms with Crippen molar-refractivity contribution < 1.29 is 9.47 Å². The maximum atomic E-state index is 6.09. The SMILES string of the molecule is COc1ccc(C2c3ccccc3OC2(C)C)cc1. The fourth-order valence-electron chi connectivity index (χ4n) is 2.91. The highest BCUT2D eigenvalue weighted by atomic mass is 16.5. The Balaban J connectivity index is 2.06. The first-order valence-electron chi connectivity index (χ1n) is 6.54. The molecule has 0 N–H and O–H groups in total. The molecule has 2 aromatic rings. The van der Waals surface area contributed by atoms with Crippen molar-refractivity contribution in [2.45, 2.75) is 25.4 Å². The van der Waals surface area contributed by atoms with Gasteiger partial charge in [0, 0.05) is 5.56 Å². The third-order valence-electron chi connectivity index (χ3n) is 3.75. The molecule has 1 atom stereocenters. The summed E-state index contributed by atoms with van der Waals surface area (Å²) in [5.41, 5.74) is 2.30. The monoisotopic (exact) mass is 254 g/mol. The summed E-state index contributed by atoms with van der Waals surface area (Å²) in [5.74, 6) is 2.14. The van der Waals surface area contributed by atoms with E-state index < -0.39 is 0 Å². The molecule has 19 heavy (non-hydrogen) atoms. The second kappa shape index (κ2) is 4.30. The predicted molar refractivity (Wildman–Crippen MR) is 76.0 cm³/mol. The molecule has 0 amide bonds. The summed E-state index contributed by atoms with van der Waals surface area (Å²) in [7, 11) is 1.69. The van der Waals surface area contributed by atoms with E-state index in [2.05, 4.69) is 38.1 Å². The summed E-state index contributed by atoms with van der Waals surface area (Å²) in [5, 5.41) is 0. The second-order valence-corrected chi connectivity index (χ2v) is 5.45. The van der Waals surface area contributed by atoms with Crippen LogP contribution in [0, 0.1) is 0 Å². The Bertz CT molecular complexity index is 584. The first kappa shape index (κ1) is 12.1.